The molecule has 0 unspecified atom stereocenters. The first kappa shape index (κ1) is 10.4. The van der Waals surface area contributed by atoms with Gasteiger partial charge in [0.2, 0.25) is 0 Å². The average molecular weight is 213 g/mol. The normalized spacial score (nSPS) is 18.4. The van der Waals surface area contributed by atoms with Gasteiger partial charge in [0.05, 0.1) is 7.11 Å². The van der Waals surface area contributed by atoms with E-state index in [1.165, 1.54) is 13.2 Å². The summed E-state index contributed by atoms with van der Waals surface area (Å²) in [5.74, 6) is -1.23. The number of rotatable bonds is 2. The van der Waals surface area contributed by atoms with E-state index in [2.05, 4.69) is 0 Å². The molecule has 0 spiro atoms. The van der Waals surface area contributed by atoms with Gasteiger partial charge in [-0.15, -0.1) is 0 Å². The summed E-state index contributed by atoms with van der Waals surface area (Å²) in [6.45, 7) is 0. The highest BCUT2D eigenvalue weighted by Gasteiger charge is 2.38. The Balaban J connectivity index is 2.53. The summed E-state index contributed by atoms with van der Waals surface area (Å²) in [6.07, 6.45) is 2.47. The lowest BCUT2D eigenvalue weighted by Gasteiger charge is -2.39. The van der Waals surface area contributed by atoms with Crippen LogP contribution < -0.4 is 10.5 Å². The number of nitrogens with two attached hydrogens (primary N) is 1. The van der Waals surface area contributed by atoms with E-state index in [0.29, 0.717) is 5.56 Å². The Kier molecular flexibility index (Phi) is 2.38. The van der Waals surface area contributed by atoms with Gasteiger partial charge >= 0.3 is 0 Å². The van der Waals surface area contributed by atoms with Crippen LogP contribution in [-0.4, -0.2) is 7.11 Å². The van der Waals surface area contributed by atoms with E-state index >= 15 is 0 Å². The number of halogens is 2. The third-order valence-electron chi connectivity index (χ3n) is 2.99. The van der Waals surface area contributed by atoms with Crippen LogP contribution in [0.25, 0.3) is 0 Å². The van der Waals surface area contributed by atoms with Crippen molar-refractivity contribution in [3.8, 4) is 5.75 Å². The minimum Gasteiger partial charge on any atom is -0.493 e. The molecule has 0 radical (unpaired) electrons. The van der Waals surface area contributed by atoms with E-state index in [1.807, 2.05) is 0 Å². The second kappa shape index (κ2) is 3.45. The lowest BCUT2D eigenvalue weighted by Crippen LogP contribution is -2.43. The molecule has 1 fully saturated rings. The molecule has 1 saturated carbocycles. The van der Waals surface area contributed by atoms with Crippen molar-refractivity contribution >= 4 is 0 Å². The van der Waals surface area contributed by atoms with Gasteiger partial charge in [-0.25, -0.2) is 8.78 Å². The smallest absolute Gasteiger partial charge is 0.168 e. The molecule has 0 bridgehead atoms. The van der Waals surface area contributed by atoms with Crippen LogP contribution in [0.3, 0.4) is 0 Å². The molecule has 2 rings (SSSR count). The van der Waals surface area contributed by atoms with Crippen molar-refractivity contribution in [1.29, 1.82) is 0 Å². The molecule has 0 heterocycles. The zero-order chi connectivity index (χ0) is 11.1. The number of hydrogen-bond acceptors (Lipinski definition) is 2. The number of ether oxygens (including phenoxy) is 1. The molecule has 1 aliphatic carbocycles. The minimum absolute atomic E-state index is 0.0681. The van der Waals surface area contributed by atoms with E-state index < -0.39 is 17.2 Å². The van der Waals surface area contributed by atoms with Crippen molar-refractivity contribution < 1.29 is 13.5 Å². The Hall–Kier alpha value is -1.16. The van der Waals surface area contributed by atoms with Gasteiger partial charge in [-0.2, -0.15) is 0 Å². The van der Waals surface area contributed by atoms with Gasteiger partial charge in [-0.05, 0) is 25.3 Å². The van der Waals surface area contributed by atoms with Crippen molar-refractivity contribution in [3.63, 3.8) is 0 Å². The van der Waals surface area contributed by atoms with Crippen molar-refractivity contribution in [1.82, 2.24) is 0 Å². The molecular formula is C11H13F2NO. The third-order valence-corrected chi connectivity index (χ3v) is 2.99. The number of hydrogen-bond donors (Lipinski definition) is 1. The van der Waals surface area contributed by atoms with E-state index in [0.717, 1.165) is 25.3 Å². The fraction of sp³-hybridized carbons (Fsp3) is 0.455. The van der Waals surface area contributed by atoms with Gasteiger partial charge in [0.1, 0.15) is 5.82 Å². The molecule has 4 heteroatoms. The molecule has 15 heavy (non-hydrogen) atoms. The van der Waals surface area contributed by atoms with Crippen LogP contribution in [0.4, 0.5) is 8.78 Å². The van der Waals surface area contributed by atoms with Gasteiger partial charge in [0.25, 0.3) is 0 Å². The quantitative estimate of drug-likeness (QED) is 0.818. The maximum atomic E-state index is 13.4. The maximum Gasteiger partial charge on any atom is 0.168 e. The highest BCUT2D eigenvalue weighted by atomic mass is 19.1. The summed E-state index contributed by atoms with van der Waals surface area (Å²) >= 11 is 0. The summed E-state index contributed by atoms with van der Waals surface area (Å²) in [7, 11) is 1.36. The zero-order valence-corrected chi connectivity index (χ0v) is 8.52. The first-order valence-electron chi connectivity index (χ1n) is 4.89. The highest BCUT2D eigenvalue weighted by Crippen LogP contribution is 2.43. The first-order chi connectivity index (χ1) is 7.07. The molecular weight excluding hydrogens is 200 g/mol. The second-order valence-electron chi connectivity index (χ2n) is 3.98. The van der Waals surface area contributed by atoms with E-state index in [4.69, 9.17) is 10.5 Å². The molecule has 0 saturated heterocycles. The second-order valence-corrected chi connectivity index (χ2v) is 3.98. The molecule has 0 aliphatic heterocycles. The van der Waals surface area contributed by atoms with Crippen LogP contribution in [0, 0.1) is 11.6 Å². The third kappa shape index (κ3) is 1.59. The average Bonchev–Trinajstić information content (AvgIpc) is 2.13. The molecule has 2 N–H and O–H groups in total. The lowest BCUT2D eigenvalue weighted by atomic mass is 9.72. The molecule has 0 amide bonds. The zero-order valence-electron chi connectivity index (χ0n) is 8.52. The fourth-order valence-corrected chi connectivity index (χ4v) is 1.96. The number of benzene rings is 1. The van der Waals surface area contributed by atoms with Gasteiger partial charge in [0.15, 0.2) is 11.6 Å². The predicted octanol–water partition coefficient (Wildman–Crippen LogP) is 2.31. The molecule has 82 valence electrons. The summed E-state index contributed by atoms with van der Waals surface area (Å²) < 4.78 is 31.4. The minimum atomic E-state index is -0.691. The Labute approximate surface area is 87.0 Å². The Morgan fingerprint density at radius 2 is 2.00 bits per heavy atom. The fourth-order valence-electron chi connectivity index (χ4n) is 1.96. The maximum absolute atomic E-state index is 13.4. The van der Waals surface area contributed by atoms with Gasteiger partial charge in [-0.3, -0.25) is 0 Å². The molecule has 0 atom stereocenters. The summed E-state index contributed by atoms with van der Waals surface area (Å²) in [5, 5.41) is 0. The Bertz CT molecular complexity index is 388. The van der Waals surface area contributed by atoms with Crippen LogP contribution in [-0.2, 0) is 5.54 Å². The largest absolute Gasteiger partial charge is 0.493 e. The van der Waals surface area contributed by atoms with Crippen LogP contribution in [0.2, 0.25) is 0 Å². The van der Waals surface area contributed by atoms with Crippen LogP contribution in [0.5, 0.6) is 5.75 Å². The molecule has 2 nitrogen and oxygen atoms in total. The summed E-state index contributed by atoms with van der Waals surface area (Å²) in [5.41, 5.74) is 5.85. The van der Waals surface area contributed by atoms with E-state index in [1.54, 1.807) is 0 Å². The van der Waals surface area contributed by atoms with E-state index in [9.17, 15) is 8.78 Å². The van der Waals surface area contributed by atoms with Crippen molar-refractivity contribution in [2.75, 3.05) is 7.11 Å². The SMILES string of the molecule is COc1c(F)cc(F)cc1C1(N)CCC1. The summed E-state index contributed by atoms with van der Waals surface area (Å²) in [4.78, 5) is 0. The van der Waals surface area contributed by atoms with Crippen LogP contribution >= 0.6 is 0 Å². The summed E-state index contributed by atoms with van der Waals surface area (Å²) in [6, 6.07) is 2.07. The van der Waals surface area contributed by atoms with Gasteiger partial charge < -0.3 is 10.5 Å². The molecule has 1 aromatic rings. The molecule has 1 aliphatic rings. The van der Waals surface area contributed by atoms with Crippen LogP contribution in [0.1, 0.15) is 24.8 Å². The standard InChI is InChI=1S/C11H13F2NO/c1-15-10-8(11(14)3-2-4-11)5-7(12)6-9(10)13/h5-6H,2-4,14H2,1H3. The molecule has 1 aromatic carbocycles. The monoisotopic (exact) mass is 213 g/mol. The predicted molar refractivity (Wildman–Crippen MR) is 52.6 cm³/mol. The van der Waals surface area contributed by atoms with E-state index in [-0.39, 0.29) is 5.75 Å². The van der Waals surface area contributed by atoms with Crippen molar-refractivity contribution in [2.45, 2.75) is 24.8 Å². The van der Waals surface area contributed by atoms with Crippen molar-refractivity contribution in [2.24, 2.45) is 5.73 Å². The number of methoxy groups -OCH3 is 1. The van der Waals surface area contributed by atoms with Crippen molar-refractivity contribution in [3.05, 3.63) is 29.3 Å². The highest BCUT2D eigenvalue weighted by molar-refractivity contribution is 5.41. The first-order valence-corrected chi connectivity index (χ1v) is 4.89. The van der Waals surface area contributed by atoms with Gasteiger partial charge in [-0.1, -0.05) is 0 Å². The molecule has 0 aromatic heterocycles. The van der Waals surface area contributed by atoms with Crippen LogP contribution in [0.15, 0.2) is 12.1 Å². The van der Waals surface area contributed by atoms with Gasteiger partial charge in [0, 0.05) is 17.2 Å². The topological polar surface area (TPSA) is 35.2 Å². The Morgan fingerprint density at radius 3 is 2.47 bits per heavy atom. The Morgan fingerprint density at radius 1 is 1.33 bits per heavy atom. The lowest BCUT2D eigenvalue weighted by molar-refractivity contribution is 0.239.